The van der Waals surface area contributed by atoms with Gasteiger partial charge in [0.15, 0.2) is 4.77 Å². The van der Waals surface area contributed by atoms with E-state index in [0.717, 1.165) is 16.8 Å². The number of hydrogen-bond donors (Lipinski definition) is 1. The molecule has 0 saturated heterocycles. The van der Waals surface area contributed by atoms with Gasteiger partial charge in [-0.2, -0.15) is 0 Å². The maximum absolute atomic E-state index is 5.38. The third-order valence-corrected chi connectivity index (χ3v) is 4.13. The summed E-state index contributed by atoms with van der Waals surface area (Å²) in [4.78, 5) is 7.34. The Morgan fingerprint density at radius 3 is 2.55 bits per heavy atom. The smallest absolute Gasteiger partial charge is 0.178 e. The molecular weight excluding hydrogens is 266 g/mol. The van der Waals surface area contributed by atoms with Crippen LogP contribution in [0.15, 0.2) is 18.5 Å². The molecule has 2 heterocycles. The molecule has 0 aromatic carbocycles. The molecule has 2 rings (SSSR count). The van der Waals surface area contributed by atoms with Crippen LogP contribution >= 0.6 is 12.2 Å². The Morgan fingerprint density at radius 2 is 1.80 bits per heavy atom. The second-order valence-corrected chi connectivity index (χ2v) is 5.84. The van der Waals surface area contributed by atoms with E-state index in [1.807, 2.05) is 18.5 Å². The molecule has 0 unspecified atom stereocenters. The van der Waals surface area contributed by atoms with Crippen LogP contribution in [-0.4, -0.2) is 14.5 Å². The molecule has 110 valence electrons. The van der Waals surface area contributed by atoms with Crippen molar-refractivity contribution in [3.63, 3.8) is 0 Å². The minimum atomic E-state index is 0.816. The first kappa shape index (κ1) is 15.2. The van der Waals surface area contributed by atoms with Gasteiger partial charge in [0.1, 0.15) is 0 Å². The summed E-state index contributed by atoms with van der Waals surface area (Å²) in [6, 6.07) is 2.03. The lowest BCUT2D eigenvalue weighted by Crippen LogP contribution is -1.98. The standard InChI is InChI=1S/C16H25N3S/c1-2-3-4-5-6-7-8-9-12-19-15-10-11-17-13-14(15)18-16(19)20/h10-11,13H,2-9,12H2,1H3,(H,18,20). The number of aromatic nitrogens is 3. The van der Waals surface area contributed by atoms with Crippen molar-refractivity contribution in [3.05, 3.63) is 23.2 Å². The number of imidazole rings is 1. The van der Waals surface area contributed by atoms with E-state index >= 15 is 0 Å². The van der Waals surface area contributed by atoms with Crippen LogP contribution in [0.5, 0.6) is 0 Å². The van der Waals surface area contributed by atoms with Crippen molar-refractivity contribution in [2.75, 3.05) is 0 Å². The number of H-pyrrole nitrogens is 1. The van der Waals surface area contributed by atoms with Gasteiger partial charge in [0.05, 0.1) is 17.2 Å². The average molecular weight is 291 g/mol. The van der Waals surface area contributed by atoms with E-state index in [0.29, 0.717) is 0 Å². The highest BCUT2D eigenvalue weighted by Crippen LogP contribution is 2.14. The maximum atomic E-state index is 5.38. The van der Waals surface area contributed by atoms with Gasteiger partial charge in [-0.1, -0.05) is 51.9 Å². The molecule has 4 heteroatoms. The molecule has 20 heavy (non-hydrogen) atoms. The molecule has 2 aromatic heterocycles. The molecule has 0 atom stereocenters. The summed E-state index contributed by atoms with van der Waals surface area (Å²) in [6.45, 7) is 3.28. The Bertz CT molecular complexity index is 570. The van der Waals surface area contributed by atoms with Crippen molar-refractivity contribution in [3.8, 4) is 0 Å². The lowest BCUT2D eigenvalue weighted by molar-refractivity contribution is 0.546. The number of hydrogen-bond acceptors (Lipinski definition) is 2. The van der Waals surface area contributed by atoms with Crippen molar-refractivity contribution >= 4 is 23.3 Å². The lowest BCUT2D eigenvalue weighted by Gasteiger charge is -2.04. The molecule has 0 aliphatic carbocycles. The fourth-order valence-electron chi connectivity index (χ4n) is 2.64. The zero-order valence-corrected chi connectivity index (χ0v) is 13.2. The van der Waals surface area contributed by atoms with Gasteiger partial charge in [0.25, 0.3) is 0 Å². The van der Waals surface area contributed by atoms with Gasteiger partial charge in [-0.3, -0.25) is 4.98 Å². The van der Waals surface area contributed by atoms with Gasteiger partial charge in [-0.15, -0.1) is 0 Å². The maximum Gasteiger partial charge on any atom is 0.178 e. The van der Waals surface area contributed by atoms with Gasteiger partial charge < -0.3 is 9.55 Å². The van der Waals surface area contributed by atoms with Gasteiger partial charge in [0.2, 0.25) is 0 Å². The number of nitrogens with one attached hydrogen (secondary N) is 1. The number of rotatable bonds is 9. The highest BCUT2D eigenvalue weighted by Gasteiger charge is 2.03. The Labute approximate surface area is 126 Å². The number of unbranched alkanes of at least 4 members (excludes halogenated alkanes) is 7. The molecule has 0 radical (unpaired) electrons. The SMILES string of the molecule is CCCCCCCCCCn1c(=S)[nH]c2cnccc21. The van der Waals surface area contributed by atoms with Crippen LogP contribution in [0.3, 0.4) is 0 Å². The first-order valence-corrected chi connectivity index (χ1v) is 8.26. The van der Waals surface area contributed by atoms with Crippen molar-refractivity contribution in [1.29, 1.82) is 0 Å². The Balaban J connectivity index is 1.73. The summed E-state index contributed by atoms with van der Waals surface area (Å²) in [7, 11) is 0. The minimum Gasteiger partial charge on any atom is -0.329 e. The van der Waals surface area contributed by atoms with E-state index in [-0.39, 0.29) is 0 Å². The van der Waals surface area contributed by atoms with Crippen LogP contribution < -0.4 is 0 Å². The summed E-state index contributed by atoms with van der Waals surface area (Å²) in [5.41, 5.74) is 2.21. The van der Waals surface area contributed by atoms with Gasteiger partial charge in [0, 0.05) is 12.7 Å². The quantitative estimate of drug-likeness (QED) is 0.506. The van der Waals surface area contributed by atoms with Crippen molar-refractivity contribution in [1.82, 2.24) is 14.5 Å². The largest absolute Gasteiger partial charge is 0.329 e. The second kappa shape index (κ2) is 8.20. The molecule has 0 spiro atoms. The average Bonchev–Trinajstić information content (AvgIpc) is 2.78. The van der Waals surface area contributed by atoms with Crippen molar-refractivity contribution in [2.45, 2.75) is 64.8 Å². The molecule has 1 N–H and O–H groups in total. The molecule has 2 aromatic rings. The van der Waals surface area contributed by atoms with Crippen LogP contribution in [0.1, 0.15) is 58.3 Å². The molecule has 0 saturated carbocycles. The van der Waals surface area contributed by atoms with Crippen LogP contribution in [-0.2, 0) is 6.54 Å². The zero-order valence-electron chi connectivity index (χ0n) is 12.4. The molecule has 0 aliphatic rings. The minimum absolute atomic E-state index is 0.816. The summed E-state index contributed by atoms with van der Waals surface area (Å²) < 4.78 is 3.01. The summed E-state index contributed by atoms with van der Waals surface area (Å²) >= 11 is 5.38. The van der Waals surface area contributed by atoms with E-state index in [9.17, 15) is 0 Å². The summed E-state index contributed by atoms with van der Waals surface area (Å²) in [5.74, 6) is 0. The lowest BCUT2D eigenvalue weighted by atomic mass is 10.1. The monoisotopic (exact) mass is 291 g/mol. The highest BCUT2D eigenvalue weighted by molar-refractivity contribution is 7.71. The normalized spacial score (nSPS) is 11.2. The summed E-state index contributed by atoms with van der Waals surface area (Å²) in [6.07, 6.45) is 14.4. The van der Waals surface area contributed by atoms with Crippen LogP contribution in [0.25, 0.3) is 11.0 Å². The number of aryl methyl sites for hydroxylation is 1. The Hall–Kier alpha value is -1.16. The van der Waals surface area contributed by atoms with Crippen LogP contribution in [0.2, 0.25) is 0 Å². The van der Waals surface area contributed by atoms with E-state index in [4.69, 9.17) is 12.2 Å². The number of fused-ring (bicyclic) bond motifs is 1. The van der Waals surface area contributed by atoms with Gasteiger partial charge >= 0.3 is 0 Å². The van der Waals surface area contributed by atoms with Gasteiger partial charge in [-0.05, 0) is 24.7 Å². The van der Waals surface area contributed by atoms with Gasteiger partial charge in [-0.25, -0.2) is 0 Å². The predicted octanol–water partition coefficient (Wildman–Crippen LogP) is 5.23. The van der Waals surface area contributed by atoms with Crippen LogP contribution in [0.4, 0.5) is 0 Å². The fourth-order valence-corrected chi connectivity index (χ4v) is 2.94. The molecular formula is C16H25N3S. The Morgan fingerprint density at radius 1 is 1.10 bits per heavy atom. The van der Waals surface area contributed by atoms with E-state index < -0.39 is 0 Å². The third kappa shape index (κ3) is 4.17. The zero-order chi connectivity index (χ0) is 14.2. The number of nitrogens with zero attached hydrogens (tertiary/aromatic N) is 2. The van der Waals surface area contributed by atoms with Crippen LogP contribution in [0, 0.1) is 4.77 Å². The van der Waals surface area contributed by atoms with E-state index in [2.05, 4.69) is 21.5 Å². The molecule has 0 aliphatic heterocycles. The van der Waals surface area contributed by atoms with E-state index in [1.54, 1.807) is 0 Å². The molecule has 3 nitrogen and oxygen atoms in total. The van der Waals surface area contributed by atoms with E-state index in [1.165, 1.54) is 56.9 Å². The molecule has 0 bridgehead atoms. The Kier molecular flexibility index (Phi) is 6.25. The molecule has 0 fully saturated rings. The summed E-state index contributed by atoms with van der Waals surface area (Å²) in [5, 5.41) is 0. The topological polar surface area (TPSA) is 33.6 Å². The number of aromatic amines is 1. The molecule has 0 amide bonds. The number of pyridine rings is 1. The van der Waals surface area contributed by atoms with Crippen molar-refractivity contribution < 1.29 is 0 Å². The predicted molar refractivity (Wildman–Crippen MR) is 87.5 cm³/mol. The first-order chi connectivity index (χ1) is 9.83. The van der Waals surface area contributed by atoms with Crippen molar-refractivity contribution in [2.24, 2.45) is 0 Å². The second-order valence-electron chi connectivity index (χ2n) is 5.45. The highest BCUT2D eigenvalue weighted by atomic mass is 32.1. The third-order valence-electron chi connectivity index (χ3n) is 3.81. The first-order valence-electron chi connectivity index (χ1n) is 7.85. The fraction of sp³-hybridized carbons (Fsp3) is 0.625.